The average Bonchev–Trinajstić information content (AvgIpc) is 2.38. The van der Waals surface area contributed by atoms with Crippen LogP contribution in [0.25, 0.3) is 0 Å². The van der Waals surface area contributed by atoms with Crippen molar-refractivity contribution in [2.45, 2.75) is 45.6 Å². The van der Waals surface area contributed by atoms with Gasteiger partial charge in [0, 0.05) is 19.0 Å². The quantitative estimate of drug-likeness (QED) is 0.697. The van der Waals surface area contributed by atoms with Crippen LogP contribution in [0, 0.1) is 5.92 Å². The van der Waals surface area contributed by atoms with Crippen LogP contribution < -0.4 is 0 Å². The molecule has 1 rings (SSSR count). The van der Waals surface area contributed by atoms with Crippen molar-refractivity contribution in [2.75, 3.05) is 18.9 Å². The first-order valence-electron chi connectivity index (χ1n) is 7.16. The minimum absolute atomic E-state index is 0.0121. The zero-order valence-corrected chi connectivity index (χ0v) is 13.3. The van der Waals surface area contributed by atoms with Crippen LogP contribution in [0.3, 0.4) is 0 Å². The van der Waals surface area contributed by atoms with Crippen LogP contribution >= 0.6 is 0 Å². The van der Waals surface area contributed by atoms with E-state index in [0.717, 1.165) is 0 Å². The maximum Gasteiger partial charge on any atom is 0.307 e. The van der Waals surface area contributed by atoms with E-state index in [1.165, 1.54) is 4.31 Å². The number of carboxylic acids is 1. The molecular formula is C13H23NO6S. The summed E-state index contributed by atoms with van der Waals surface area (Å²) >= 11 is 0. The summed E-state index contributed by atoms with van der Waals surface area (Å²) in [4.78, 5) is 22.2. The fraction of sp³-hybridized carbons (Fsp3) is 0.846. The fourth-order valence-corrected chi connectivity index (χ4v) is 4.22. The Labute approximate surface area is 125 Å². The predicted molar refractivity (Wildman–Crippen MR) is 76.2 cm³/mol. The number of nitrogens with zero attached hydrogens (tertiary/aromatic N) is 1. The minimum atomic E-state index is -3.55. The SMILES string of the molecule is CCOC(=O)CCCS(=O)(=O)N1CC(C(=O)O)CCC1C. The highest BCUT2D eigenvalue weighted by Crippen LogP contribution is 2.25. The summed E-state index contributed by atoms with van der Waals surface area (Å²) in [5, 5.41) is 9.03. The number of piperidine rings is 1. The van der Waals surface area contributed by atoms with Gasteiger partial charge in [0.05, 0.1) is 18.3 Å². The summed E-state index contributed by atoms with van der Waals surface area (Å²) in [6.07, 6.45) is 1.26. The zero-order valence-electron chi connectivity index (χ0n) is 12.4. The Kier molecular flexibility index (Phi) is 6.60. The average molecular weight is 321 g/mol. The molecule has 0 amide bonds. The number of ether oxygens (including phenoxy) is 1. The fourth-order valence-electron chi connectivity index (χ4n) is 2.41. The number of hydrogen-bond donors (Lipinski definition) is 1. The van der Waals surface area contributed by atoms with E-state index in [4.69, 9.17) is 9.84 Å². The van der Waals surface area contributed by atoms with Gasteiger partial charge in [-0.2, -0.15) is 4.31 Å². The van der Waals surface area contributed by atoms with Crippen LogP contribution in [0.5, 0.6) is 0 Å². The van der Waals surface area contributed by atoms with Crippen molar-refractivity contribution in [1.29, 1.82) is 0 Å². The van der Waals surface area contributed by atoms with Crippen LogP contribution in [0.4, 0.5) is 0 Å². The Morgan fingerprint density at radius 1 is 1.33 bits per heavy atom. The minimum Gasteiger partial charge on any atom is -0.481 e. The molecule has 1 aliphatic heterocycles. The van der Waals surface area contributed by atoms with Crippen molar-refractivity contribution >= 4 is 22.0 Å². The van der Waals surface area contributed by atoms with E-state index in [-0.39, 0.29) is 37.8 Å². The summed E-state index contributed by atoms with van der Waals surface area (Å²) in [6, 6.07) is -0.201. The van der Waals surface area contributed by atoms with Gasteiger partial charge in [-0.3, -0.25) is 9.59 Å². The normalized spacial score (nSPS) is 23.7. The van der Waals surface area contributed by atoms with Crippen LogP contribution in [-0.4, -0.2) is 54.7 Å². The second-order valence-corrected chi connectivity index (χ2v) is 7.30. The van der Waals surface area contributed by atoms with Crippen molar-refractivity contribution in [3.05, 3.63) is 0 Å². The molecule has 0 aromatic carbocycles. The van der Waals surface area contributed by atoms with Gasteiger partial charge in [-0.25, -0.2) is 8.42 Å². The molecule has 1 fully saturated rings. The lowest BCUT2D eigenvalue weighted by Crippen LogP contribution is -2.48. The lowest BCUT2D eigenvalue weighted by Gasteiger charge is -2.35. The number of carbonyl (C=O) groups is 2. The molecule has 0 bridgehead atoms. The van der Waals surface area contributed by atoms with E-state index in [1.807, 2.05) is 0 Å². The van der Waals surface area contributed by atoms with Gasteiger partial charge in [0.2, 0.25) is 10.0 Å². The summed E-state index contributed by atoms with van der Waals surface area (Å²) in [6.45, 7) is 3.75. The molecule has 1 saturated heterocycles. The third-order valence-electron chi connectivity index (χ3n) is 3.62. The lowest BCUT2D eigenvalue weighted by molar-refractivity contribution is -0.144. The van der Waals surface area contributed by atoms with Gasteiger partial charge in [-0.05, 0) is 33.1 Å². The van der Waals surface area contributed by atoms with Gasteiger partial charge in [0.25, 0.3) is 0 Å². The molecule has 8 heteroatoms. The molecule has 0 radical (unpaired) electrons. The van der Waals surface area contributed by atoms with E-state index in [0.29, 0.717) is 12.8 Å². The molecule has 7 nitrogen and oxygen atoms in total. The molecule has 0 spiro atoms. The third kappa shape index (κ3) is 5.28. The van der Waals surface area contributed by atoms with E-state index in [2.05, 4.69) is 0 Å². The summed E-state index contributed by atoms with van der Waals surface area (Å²) < 4.78 is 30.6. The van der Waals surface area contributed by atoms with E-state index >= 15 is 0 Å². The monoisotopic (exact) mass is 321 g/mol. The Hall–Kier alpha value is -1.15. The smallest absolute Gasteiger partial charge is 0.307 e. The van der Waals surface area contributed by atoms with Crippen molar-refractivity contribution in [3.63, 3.8) is 0 Å². The van der Waals surface area contributed by atoms with Crippen molar-refractivity contribution in [3.8, 4) is 0 Å². The molecular weight excluding hydrogens is 298 g/mol. The van der Waals surface area contributed by atoms with Gasteiger partial charge in [0.1, 0.15) is 0 Å². The molecule has 2 atom stereocenters. The molecule has 0 saturated carbocycles. The van der Waals surface area contributed by atoms with Gasteiger partial charge in [-0.15, -0.1) is 0 Å². The maximum absolute atomic E-state index is 12.3. The first-order valence-corrected chi connectivity index (χ1v) is 8.76. The van der Waals surface area contributed by atoms with Gasteiger partial charge < -0.3 is 9.84 Å². The summed E-state index contributed by atoms with van der Waals surface area (Å²) in [5.74, 6) is -2.19. The molecule has 2 unspecified atom stereocenters. The largest absolute Gasteiger partial charge is 0.481 e. The van der Waals surface area contributed by atoms with E-state index in [9.17, 15) is 18.0 Å². The number of rotatable bonds is 7. The van der Waals surface area contributed by atoms with Crippen molar-refractivity contribution in [2.24, 2.45) is 5.92 Å². The van der Waals surface area contributed by atoms with Crippen molar-refractivity contribution in [1.82, 2.24) is 4.31 Å². The first-order chi connectivity index (χ1) is 9.77. The summed E-state index contributed by atoms with van der Waals surface area (Å²) in [7, 11) is -3.55. The number of sulfonamides is 1. The van der Waals surface area contributed by atoms with Crippen molar-refractivity contribution < 1.29 is 27.9 Å². The Balaban J connectivity index is 2.59. The highest BCUT2D eigenvalue weighted by Gasteiger charge is 2.36. The lowest BCUT2D eigenvalue weighted by atomic mass is 9.96. The van der Waals surface area contributed by atoms with Crippen LogP contribution in [-0.2, 0) is 24.3 Å². The summed E-state index contributed by atoms with van der Waals surface area (Å²) in [5.41, 5.74) is 0. The molecule has 0 aliphatic carbocycles. The second-order valence-electron chi connectivity index (χ2n) is 5.26. The maximum atomic E-state index is 12.3. The number of carbonyl (C=O) groups excluding carboxylic acids is 1. The molecule has 0 aromatic rings. The number of aliphatic carboxylic acids is 1. The van der Waals surface area contributed by atoms with Gasteiger partial charge in [0.15, 0.2) is 0 Å². The highest BCUT2D eigenvalue weighted by atomic mass is 32.2. The van der Waals surface area contributed by atoms with Crippen LogP contribution in [0.2, 0.25) is 0 Å². The molecule has 1 heterocycles. The molecule has 21 heavy (non-hydrogen) atoms. The Morgan fingerprint density at radius 2 is 2.00 bits per heavy atom. The third-order valence-corrected chi connectivity index (χ3v) is 5.65. The van der Waals surface area contributed by atoms with E-state index < -0.39 is 27.9 Å². The van der Waals surface area contributed by atoms with Gasteiger partial charge >= 0.3 is 11.9 Å². The highest BCUT2D eigenvalue weighted by molar-refractivity contribution is 7.89. The standard InChI is InChI=1S/C13H23NO6S/c1-3-20-12(15)5-4-8-21(18,19)14-9-11(13(16)17)7-6-10(14)2/h10-11H,3-9H2,1-2H3,(H,16,17). The molecule has 1 N–H and O–H groups in total. The Bertz CT molecular complexity index is 475. The second kappa shape index (κ2) is 7.74. The van der Waals surface area contributed by atoms with Crippen LogP contribution in [0.15, 0.2) is 0 Å². The topological polar surface area (TPSA) is 101 Å². The van der Waals surface area contributed by atoms with Gasteiger partial charge in [-0.1, -0.05) is 0 Å². The molecule has 122 valence electrons. The number of esters is 1. The Morgan fingerprint density at radius 3 is 2.57 bits per heavy atom. The molecule has 0 aromatic heterocycles. The number of hydrogen-bond acceptors (Lipinski definition) is 5. The first kappa shape index (κ1) is 17.9. The molecule has 1 aliphatic rings. The zero-order chi connectivity index (χ0) is 16.0. The van der Waals surface area contributed by atoms with E-state index in [1.54, 1.807) is 13.8 Å². The number of carboxylic acid groups (broad SMARTS) is 1. The predicted octanol–water partition coefficient (Wildman–Crippen LogP) is 0.845. The van der Waals surface area contributed by atoms with Crippen LogP contribution in [0.1, 0.15) is 39.5 Å².